The number of fused-ring (bicyclic) bond motifs is 1. The second kappa shape index (κ2) is 11.8. The van der Waals surface area contributed by atoms with E-state index in [-0.39, 0.29) is 30.5 Å². The normalized spacial score (nSPS) is 18.8. The Morgan fingerprint density at radius 3 is 2.73 bits per heavy atom. The molecule has 0 bridgehead atoms. The Morgan fingerprint density at radius 1 is 1.11 bits per heavy atom. The first-order valence-corrected chi connectivity index (χ1v) is 13.6. The molecule has 7 nitrogen and oxygen atoms in total. The molecule has 1 fully saturated rings. The molecule has 0 radical (unpaired) electrons. The van der Waals surface area contributed by atoms with Crippen molar-refractivity contribution in [2.45, 2.75) is 31.4 Å². The number of methoxy groups -OCH3 is 1. The van der Waals surface area contributed by atoms with Crippen molar-refractivity contribution in [1.82, 2.24) is 9.80 Å². The van der Waals surface area contributed by atoms with Crippen LogP contribution in [0.1, 0.15) is 39.7 Å². The van der Waals surface area contributed by atoms with Crippen LogP contribution in [-0.4, -0.2) is 67.7 Å². The summed E-state index contributed by atoms with van der Waals surface area (Å²) in [5, 5.41) is 2.07. The first-order chi connectivity index (χ1) is 18.1. The third-order valence-electron chi connectivity index (χ3n) is 6.95. The monoisotopic (exact) mass is 520 g/mol. The van der Waals surface area contributed by atoms with Gasteiger partial charge in [-0.3, -0.25) is 9.59 Å². The lowest BCUT2D eigenvalue weighted by atomic mass is 10.00. The van der Waals surface area contributed by atoms with Crippen LogP contribution < -0.4 is 9.47 Å². The van der Waals surface area contributed by atoms with Gasteiger partial charge in [0.1, 0.15) is 24.7 Å². The van der Waals surface area contributed by atoms with Crippen LogP contribution >= 0.6 is 11.3 Å². The van der Waals surface area contributed by atoms with Crippen LogP contribution in [0, 0.1) is 0 Å². The van der Waals surface area contributed by atoms with Gasteiger partial charge < -0.3 is 24.0 Å². The summed E-state index contributed by atoms with van der Waals surface area (Å²) < 4.78 is 17.3. The van der Waals surface area contributed by atoms with Gasteiger partial charge in [-0.15, -0.1) is 11.3 Å². The summed E-state index contributed by atoms with van der Waals surface area (Å²) in [6.45, 7) is 2.01. The highest BCUT2D eigenvalue weighted by Gasteiger charge is 2.34. The van der Waals surface area contributed by atoms with Crippen molar-refractivity contribution in [3.8, 4) is 11.5 Å². The van der Waals surface area contributed by atoms with Crippen LogP contribution in [0.15, 0.2) is 66.0 Å². The number of hydrogen-bond acceptors (Lipinski definition) is 6. The van der Waals surface area contributed by atoms with E-state index in [1.165, 1.54) is 4.88 Å². The van der Waals surface area contributed by atoms with Crippen molar-refractivity contribution in [3.63, 3.8) is 0 Å². The van der Waals surface area contributed by atoms with Gasteiger partial charge in [-0.05, 0) is 60.5 Å². The molecule has 194 valence electrons. The van der Waals surface area contributed by atoms with Crippen molar-refractivity contribution in [1.29, 1.82) is 0 Å². The van der Waals surface area contributed by atoms with Crippen LogP contribution in [0.4, 0.5) is 0 Å². The fraction of sp³-hybridized carbons (Fsp3) is 0.379. The third kappa shape index (κ3) is 5.97. The maximum absolute atomic E-state index is 13.8. The highest BCUT2D eigenvalue weighted by molar-refractivity contribution is 7.10. The Hall–Kier alpha value is -3.36. The van der Waals surface area contributed by atoms with E-state index < -0.39 is 0 Å². The standard InChI is InChI=1S/C29H32N2O5S/c1-34-22-9-5-10-23(17-22)36-20-26-25-13-16-37-27(25)12-14-31(26)28(32)19-30(18-24-11-6-15-35-24)29(33)21-7-3-2-4-8-21/h2-5,7-10,13,16-17,24,26H,6,11-12,14-15,18-20H2,1H3. The van der Waals surface area contributed by atoms with E-state index in [9.17, 15) is 9.59 Å². The Labute approximate surface area is 221 Å². The number of hydrogen-bond donors (Lipinski definition) is 0. The van der Waals surface area contributed by atoms with Gasteiger partial charge in [-0.1, -0.05) is 24.3 Å². The predicted molar refractivity (Wildman–Crippen MR) is 142 cm³/mol. The highest BCUT2D eigenvalue weighted by Crippen LogP contribution is 2.34. The van der Waals surface area contributed by atoms with Crippen molar-refractivity contribution in [3.05, 3.63) is 82.0 Å². The Bertz CT molecular complexity index is 1210. The van der Waals surface area contributed by atoms with Crippen LogP contribution in [0.2, 0.25) is 0 Å². The van der Waals surface area contributed by atoms with Crippen molar-refractivity contribution in [2.24, 2.45) is 0 Å². The molecule has 3 heterocycles. The second-order valence-electron chi connectivity index (χ2n) is 9.33. The summed E-state index contributed by atoms with van der Waals surface area (Å²) in [5.74, 6) is 1.17. The van der Waals surface area contributed by atoms with Gasteiger partial charge in [0.25, 0.3) is 5.91 Å². The molecule has 2 amide bonds. The second-order valence-corrected chi connectivity index (χ2v) is 10.3. The van der Waals surface area contributed by atoms with Gasteiger partial charge in [0.15, 0.2) is 0 Å². The third-order valence-corrected chi connectivity index (χ3v) is 7.94. The van der Waals surface area contributed by atoms with Gasteiger partial charge in [0.05, 0.1) is 19.3 Å². The van der Waals surface area contributed by atoms with Crippen molar-refractivity contribution < 1.29 is 23.8 Å². The predicted octanol–water partition coefficient (Wildman–Crippen LogP) is 4.58. The number of ether oxygens (including phenoxy) is 3. The summed E-state index contributed by atoms with van der Waals surface area (Å²) in [4.78, 5) is 32.0. The maximum atomic E-state index is 13.8. The molecule has 1 aromatic heterocycles. The topological polar surface area (TPSA) is 68.3 Å². The van der Waals surface area contributed by atoms with E-state index >= 15 is 0 Å². The minimum atomic E-state index is -0.231. The number of thiophene rings is 1. The summed E-state index contributed by atoms with van der Waals surface area (Å²) in [6.07, 6.45) is 2.62. The first kappa shape index (κ1) is 25.3. The maximum Gasteiger partial charge on any atom is 0.254 e. The van der Waals surface area contributed by atoms with E-state index in [0.29, 0.717) is 37.6 Å². The molecule has 3 aromatic rings. The lowest BCUT2D eigenvalue weighted by Crippen LogP contribution is -2.49. The largest absolute Gasteiger partial charge is 0.497 e. The molecule has 2 unspecified atom stereocenters. The molecule has 1 saturated heterocycles. The minimum absolute atomic E-state index is 0.00270. The fourth-order valence-corrected chi connectivity index (χ4v) is 5.94. The van der Waals surface area contributed by atoms with Crippen molar-refractivity contribution >= 4 is 23.2 Å². The average molecular weight is 521 g/mol. The number of carbonyl (C=O) groups excluding carboxylic acids is 2. The summed E-state index contributed by atoms with van der Waals surface area (Å²) in [6, 6.07) is 18.5. The van der Waals surface area contributed by atoms with E-state index in [1.807, 2.05) is 47.4 Å². The minimum Gasteiger partial charge on any atom is -0.497 e. The zero-order valence-corrected chi connectivity index (χ0v) is 21.8. The number of rotatable bonds is 9. The molecule has 0 aliphatic carbocycles. The van der Waals surface area contributed by atoms with Crippen LogP contribution in [0.25, 0.3) is 0 Å². The molecule has 0 spiro atoms. The van der Waals surface area contributed by atoms with Gasteiger partial charge in [-0.2, -0.15) is 0 Å². The average Bonchev–Trinajstić information content (AvgIpc) is 3.64. The Kier molecular flexibility index (Phi) is 8.06. The van der Waals surface area contributed by atoms with Gasteiger partial charge in [0, 0.05) is 36.2 Å². The summed E-state index contributed by atoms with van der Waals surface area (Å²) >= 11 is 1.71. The van der Waals surface area contributed by atoms with E-state index in [1.54, 1.807) is 35.5 Å². The molecular formula is C29H32N2O5S. The number of amides is 2. The van der Waals surface area contributed by atoms with Crippen LogP contribution in [0.3, 0.4) is 0 Å². The molecule has 2 aliphatic heterocycles. The lowest BCUT2D eigenvalue weighted by molar-refractivity contribution is -0.135. The zero-order valence-electron chi connectivity index (χ0n) is 21.0. The highest BCUT2D eigenvalue weighted by atomic mass is 32.1. The molecule has 8 heteroatoms. The molecule has 2 aromatic carbocycles. The molecule has 0 N–H and O–H groups in total. The van der Waals surface area contributed by atoms with Crippen molar-refractivity contribution in [2.75, 3.05) is 40.0 Å². The zero-order chi connectivity index (χ0) is 25.6. The quantitative estimate of drug-likeness (QED) is 0.413. The van der Waals surface area contributed by atoms with Crippen LogP contribution in [0.5, 0.6) is 11.5 Å². The number of benzene rings is 2. The lowest BCUT2D eigenvalue weighted by Gasteiger charge is -2.37. The number of nitrogens with zero attached hydrogens (tertiary/aromatic N) is 2. The first-order valence-electron chi connectivity index (χ1n) is 12.7. The molecule has 2 aliphatic rings. The molecule has 37 heavy (non-hydrogen) atoms. The fourth-order valence-electron chi connectivity index (χ4n) is 5.01. The Balaban J connectivity index is 1.34. The van der Waals surface area contributed by atoms with E-state index in [0.717, 1.165) is 30.6 Å². The molecule has 0 saturated carbocycles. The van der Waals surface area contributed by atoms with Gasteiger partial charge in [-0.25, -0.2) is 0 Å². The molecule has 5 rings (SSSR count). The molecule has 2 atom stereocenters. The van der Waals surface area contributed by atoms with E-state index in [2.05, 4.69) is 11.4 Å². The van der Waals surface area contributed by atoms with E-state index in [4.69, 9.17) is 14.2 Å². The van der Waals surface area contributed by atoms with Gasteiger partial charge in [0.2, 0.25) is 5.91 Å². The Morgan fingerprint density at radius 2 is 1.95 bits per heavy atom. The summed E-state index contributed by atoms with van der Waals surface area (Å²) in [5.41, 5.74) is 1.69. The van der Waals surface area contributed by atoms with Crippen LogP contribution in [-0.2, 0) is 16.0 Å². The smallest absolute Gasteiger partial charge is 0.254 e. The summed E-state index contributed by atoms with van der Waals surface area (Å²) in [7, 11) is 1.62. The molecular weight excluding hydrogens is 488 g/mol. The van der Waals surface area contributed by atoms with Gasteiger partial charge >= 0.3 is 0 Å². The number of carbonyl (C=O) groups is 2. The SMILES string of the molecule is COc1cccc(OCC2c3ccsc3CCN2C(=O)CN(CC2CCCO2)C(=O)c2ccccc2)c1.